The van der Waals surface area contributed by atoms with E-state index < -0.39 is 12.0 Å². The normalized spacial score (nSPS) is 16.1. The number of hydrogen-bond donors (Lipinski definition) is 2. The zero-order valence-corrected chi connectivity index (χ0v) is 9.81. The molecule has 1 fully saturated rings. The Hall–Kier alpha value is -1.79. The molecule has 0 aliphatic carbocycles. The summed E-state index contributed by atoms with van der Waals surface area (Å²) < 4.78 is 0. The average Bonchev–Trinajstić information content (AvgIpc) is 2.49. The molecule has 0 aromatic rings. The summed E-state index contributed by atoms with van der Waals surface area (Å²) in [5, 5.41) is 11.3. The molecule has 1 rings (SSSR count). The van der Waals surface area contributed by atoms with Crippen LogP contribution < -0.4 is 5.32 Å². The van der Waals surface area contributed by atoms with Gasteiger partial charge >= 0.3 is 12.0 Å². The Morgan fingerprint density at radius 2 is 2.24 bits per heavy atom. The van der Waals surface area contributed by atoms with Crippen LogP contribution in [0.5, 0.6) is 0 Å². The van der Waals surface area contributed by atoms with Gasteiger partial charge in [0.1, 0.15) is 13.1 Å². The van der Waals surface area contributed by atoms with Crippen molar-refractivity contribution in [2.45, 2.75) is 13.3 Å². The quantitative estimate of drug-likeness (QED) is 0.688. The van der Waals surface area contributed by atoms with Gasteiger partial charge in [0.2, 0.25) is 5.91 Å². The molecule has 1 saturated heterocycles. The van der Waals surface area contributed by atoms with Gasteiger partial charge in [-0.05, 0) is 13.3 Å². The molecule has 0 unspecified atom stereocenters. The van der Waals surface area contributed by atoms with Crippen molar-refractivity contribution in [1.82, 2.24) is 15.1 Å². The minimum absolute atomic E-state index is 0.00501. The van der Waals surface area contributed by atoms with Crippen LogP contribution in [0, 0.1) is 0 Å². The number of carbonyl (C=O) groups excluding carboxylic acids is 2. The molecule has 0 atom stereocenters. The maximum absolute atomic E-state index is 12.0. The van der Waals surface area contributed by atoms with Crippen LogP contribution >= 0.6 is 0 Å². The first kappa shape index (κ1) is 13.3. The second-order valence-corrected chi connectivity index (χ2v) is 3.82. The van der Waals surface area contributed by atoms with Gasteiger partial charge in [0.15, 0.2) is 0 Å². The van der Waals surface area contributed by atoms with Gasteiger partial charge in [-0.25, -0.2) is 4.79 Å². The zero-order valence-electron chi connectivity index (χ0n) is 9.81. The number of amides is 3. The molecule has 7 nitrogen and oxygen atoms in total. The average molecular weight is 243 g/mol. The van der Waals surface area contributed by atoms with Crippen molar-refractivity contribution in [3.63, 3.8) is 0 Å². The van der Waals surface area contributed by atoms with E-state index in [1.165, 1.54) is 9.80 Å². The van der Waals surface area contributed by atoms with Gasteiger partial charge < -0.3 is 20.2 Å². The van der Waals surface area contributed by atoms with Crippen molar-refractivity contribution in [3.8, 4) is 0 Å². The summed E-state index contributed by atoms with van der Waals surface area (Å²) in [7, 11) is 0. The third-order valence-electron chi connectivity index (χ3n) is 2.51. The van der Waals surface area contributed by atoms with E-state index in [4.69, 9.17) is 5.11 Å². The van der Waals surface area contributed by atoms with E-state index in [1.54, 1.807) is 6.92 Å². The molecule has 0 radical (unpaired) electrons. The Morgan fingerprint density at radius 3 is 2.82 bits per heavy atom. The largest absolute Gasteiger partial charge is 0.480 e. The number of likely N-dealkylation sites (N-methyl/N-ethyl adjacent to an activating group) is 1. The number of nitrogens with zero attached hydrogens (tertiary/aromatic N) is 2. The first-order chi connectivity index (χ1) is 8.04. The Kier molecular flexibility index (Phi) is 4.74. The number of hydrogen-bond acceptors (Lipinski definition) is 3. The first-order valence-electron chi connectivity index (χ1n) is 5.57. The van der Waals surface area contributed by atoms with Crippen LogP contribution in [0.1, 0.15) is 13.3 Å². The minimum Gasteiger partial charge on any atom is -0.480 e. The lowest BCUT2D eigenvalue weighted by atomic mass is 10.4. The number of rotatable bonds is 3. The van der Waals surface area contributed by atoms with Crippen LogP contribution in [0.4, 0.5) is 4.79 Å². The summed E-state index contributed by atoms with van der Waals surface area (Å²) >= 11 is 0. The number of carboxylic acids is 1. The van der Waals surface area contributed by atoms with E-state index >= 15 is 0 Å². The highest BCUT2D eigenvalue weighted by Gasteiger charge is 2.24. The van der Waals surface area contributed by atoms with Crippen molar-refractivity contribution < 1.29 is 19.5 Å². The van der Waals surface area contributed by atoms with Gasteiger partial charge in [-0.1, -0.05) is 0 Å². The maximum Gasteiger partial charge on any atom is 0.323 e. The highest BCUT2D eigenvalue weighted by atomic mass is 16.4. The molecule has 7 heteroatoms. The van der Waals surface area contributed by atoms with E-state index in [9.17, 15) is 14.4 Å². The van der Waals surface area contributed by atoms with Crippen LogP contribution in [-0.2, 0) is 9.59 Å². The fraction of sp³-hybridized carbons (Fsp3) is 0.700. The molecule has 0 spiro atoms. The van der Waals surface area contributed by atoms with Crippen LogP contribution in [0.2, 0.25) is 0 Å². The van der Waals surface area contributed by atoms with Crippen LogP contribution in [0.15, 0.2) is 0 Å². The van der Waals surface area contributed by atoms with Crippen LogP contribution in [-0.4, -0.2) is 65.5 Å². The molecule has 3 amide bonds. The van der Waals surface area contributed by atoms with Crippen LogP contribution in [0.3, 0.4) is 0 Å². The van der Waals surface area contributed by atoms with E-state index in [-0.39, 0.29) is 19.0 Å². The molecule has 2 N–H and O–H groups in total. The van der Waals surface area contributed by atoms with Crippen molar-refractivity contribution in [2.75, 3.05) is 32.7 Å². The monoisotopic (exact) mass is 243 g/mol. The van der Waals surface area contributed by atoms with Gasteiger partial charge in [-0.2, -0.15) is 0 Å². The van der Waals surface area contributed by atoms with Gasteiger partial charge in [-0.3, -0.25) is 9.59 Å². The van der Waals surface area contributed by atoms with Gasteiger partial charge in [0.05, 0.1) is 0 Å². The van der Waals surface area contributed by atoms with Crippen molar-refractivity contribution >= 4 is 17.9 Å². The molecule has 1 aliphatic rings. The molecule has 0 saturated carbocycles. The lowest BCUT2D eigenvalue weighted by Crippen LogP contribution is -2.47. The predicted octanol–water partition coefficient (Wildman–Crippen LogP) is -0.665. The summed E-state index contributed by atoms with van der Waals surface area (Å²) in [6, 6.07) is -0.396. The Balaban J connectivity index is 2.64. The summed E-state index contributed by atoms with van der Waals surface area (Å²) in [6.45, 7) is 2.69. The Morgan fingerprint density at radius 1 is 1.53 bits per heavy atom. The molecule has 17 heavy (non-hydrogen) atoms. The first-order valence-corrected chi connectivity index (χ1v) is 5.57. The fourth-order valence-corrected chi connectivity index (χ4v) is 1.65. The molecule has 0 aromatic heterocycles. The van der Waals surface area contributed by atoms with Crippen molar-refractivity contribution in [2.24, 2.45) is 0 Å². The number of aliphatic carboxylic acids is 1. The van der Waals surface area contributed by atoms with Crippen molar-refractivity contribution in [3.05, 3.63) is 0 Å². The molecule has 0 aromatic carbocycles. The highest BCUT2D eigenvalue weighted by molar-refractivity contribution is 5.86. The number of carbonyl (C=O) groups is 3. The number of carboxylic acid groups (broad SMARTS) is 1. The van der Waals surface area contributed by atoms with E-state index in [0.29, 0.717) is 26.1 Å². The van der Waals surface area contributed by atoms with E-state index in [0.717, 1.165) is 0 Å². The smallest absolute Gasteiger partial charge is 0.323 e. The van der Waals surface area contributed by atoms with Crippen molar-refractivity contribution in [1.29, 1.82) is 0 Å². The second kappa shape index (κ2) is 6.07. The molecular weight excluding hydrogens is 226 g/mol. The lowest BCUT2D eigenvalue weighted by molar-refractivity contribution is -0.137. The zero-order chi connectivity index (χ0) is 12.8. The topological polar surface area (TPSA) is 90.0 Å². The Bertz CT molecular complexity index is 319. The van der Waals surface area contributed by atoms with Gasteiger partial charge in [0.25, 0.3) is 0 Å². The third-order valence-corrected chi connectivity index (χ3v) is 2.51. The second-order valence-electron chi connectivity index (χ2n) is 3.82. The standard InChI is InChI=1S/C10H17N3O4/c1-2-12(7-9(15)16)10(17)13-5-3-4-11-8(14)6-13/h2-7H2,1H3,(H,11,14)(H,15,16). The summed E-state index contributed by atoms with van der Waals surface area (Å²) in [4.78, 5) is 36.5. The number of urea groups is 1. The predicted molar refractivity (Wildman–Crippen MR) is 59.5 cm³/mol. The summed E-state index contributed by atoms with van der Waals surface area (Å²) in [5.74, 6) is -1.26. The molecule has 96 valence electrons. The van der Waals surface area contributed by atoms with E-state index in [2.05, 4.69) is 5.32 Å². The number of nitrogens with one attached hydrogen (secondary N) is 1. The maximum atomic E-state index is 12.0. The summed E-state index contributed by atoms with van der Waals surface area (Å²) in [6.07, 6.45) is 0.683. The molecule has 0 bridgehead atoms. The van der Waals surface area contributed by atoms with Gasteiger partial charge in [0, 0.05) is 19.6 Å². The van der Waals surface area contributed by atoms with E-state index in [1.807, 2.05) is 0 Å². The highest BCUT2D eigenvalue weighted by Crippen LogP contribution is 2.03. The SMILES string of the molecule is CCN(CC(=O)O)C(=O)N1CCCNC(=O)C1. The molecule has 1 heterocycles. The Labute approximate surface area is 99.4 Å². The molecule has 1 aliphatic heterocycles. The third kappa shape index (κ3) is 3.93. The molecular formula is C10H17N3O4. The fourth-order valence-electron chi connectivity index (χ4n) is 1.65. The van der Waals surface area contributed by atoms with Gasteiger partial charge in [-0.15, -0.1) is 0 Å². The van der Waals surface area contributed by atoms with Crippen LogP contribution in [0.25, 0.3) is 0 Å². The summed E-state index contributed by atoms with van der Waals surface area (Å²) in [5.41, 5.74) is 0. The lowest BCUT2D eigenvalue weighted by Gasteiger charge is -2.27. The minimum atomic E-state index is -1.06.